The van der Waals surface area contributed by atoms with Gasteiger partial charge in [0, 0.05) is 6.07 Å². The van der Waals surface area contributed by atoms with Gasteiger partial charge >= 0.3 is 0 Å². The number of H-pyrrole nitrogens is 1. The predicted octanol–water partition coefficient (Wildman–Crippen LogP) is 3.35. The van der Waals surface area contributed by atoms with Crippen LogP contribution in [-0.4, -0.2) is 14.8 Å². The second-order valence-corrected chi connectivity index (χ2v) is 6.03. The smallest absolute Gasteiger partial charge is 0.273 e. The number of hydrogen-bond donors (Lipinski definition) is 1. The van der Waals surface area contributed by atoms with Crippen molar-refractivity contribution >= 4 is 21.6 Å². The van der Waals surface area contributed by atoms with E-state index in [2.05, 4.69) is 10.1 Å². The Balaban J connectivity index is 1.60. The SMILES string of the molecule is O=c1cc(COc2ccccc2)[nH]n1-c1nc2ccccc2s1. The molecule has 0 saturated heterocycles. The van der Waals surface area contributed by atoms with Gasteiger partial charge in [0.05, 0.1) is 15.9 Å². The third-order valence-corrected chi connectivity index (χ3v) is 4.41. The summed E-state index contributed by atoms with van der Waals surface area (Å²) < 4.78 is 8.15. The molecule has 4 aromatic rings. The summed E-state index contributed by atoms with van der Waals surface area (Å²) in [5.74, 6) is 0.765. The van der Waals surface area contributed by atoms with Gasteiger partial charge < -0.3 is 4.74 Å². The lowest BCUT2D eigenvalue weighted by Gasteiger charge is -2.03. The summed E-state index contributed by atoms with van der Waals surface area (Å²) in [6.45, 7) is 0.303. The highest BCUT2D eigenvalue weighted by atomic mass is 32.1. The van der Waals surface area contributed by atoms with E-state index < -0.39 is 0 Å². The number of fused-ring (bicyclic) bond motifs is 1. The fourth-order valence-electron chi connectivity index (χ4n) is 2.29. The van der Waals surface area contributed by atoms with E-state index >= 15 is 0 Å². The van der Waals surface area contributed by atoms with Gasteiger partial charge in [-0.1, -0.05) is 41.7 Å². The molecule has 0 saturated carbocycles. The van der Waals surface area contributed by atoms with Gasteiger partial charge in [-0.25, -0.2) is 4.98 Å². The van der Waals surface area contributed by atoms with E-state index in [0.29, 0.717) is 17.4 Å². The molecule has 0 aliphatic heterocycles. The maximum atomic E-state index is 12.2. The molecule has 6 heteroatoms. The van der Waals surface area contributed by atoms with E-state index in [1.807, 2.05) is 54.6 Å². The predicted molar refractivity (Wildman–Crippen MR) is 90.3 cm³/mol. The first kappa shape index (κ1) is 13.8. The molecule has 2 aromatic heterocycles. The van der Waals surface area contributed by atoms with E-state index in [4.69, 9.17) is 4.74 Å². The van der Waals surface area contributed by atoms with Crippen molar-refractivity contribution in [3.05, 3.63) is 76.7 Å². The normalized spacial score (nSPS) is 11.0. The topological polar surface area (TPSA) is 59.9 Å². The van der Waals surface area contributed by atoms with Crippen LogP contribution in [0.3, 0.4) is 0 Å². The number of aromatic amines is 1. The Morgan fingerprint density at radius 2 is 1.87 bits per heavy atom. The third-order valence-electron chi connectivity index (χ3n) is 3.38. The fourth-order valence-corrected chi connectivity index (χ4v) is 3.23. The fraction of sp³-hybridized carbons (Fsp3) is 0.0588. The quantitative estimate of drug-likeness (QED) is 0.626. The molecule has 0 bridgehead atoms. The standard InChI is InChI=1S/C17H13N3O2S/c21-16-10-12(11-22-13-6-2-1-3-7-13)19-20(16)17-18-14-8-4-5-9-15(14)23-17/h1-10,19H,11H2. The minimum Gasteiger partial charge on any atom is -0.487 e. The van der Waals surface area contributed by atoms with Crippen LogP contribution in [0.4, 0.5) is 0 Å². The molecule has 0 aliphatic rings. The number of nitrogens with one attached hydrogen (secondary N) is 1. The Bertz CT molecular complexity index is 968. The first-order chi connectivity index (χ1) is 11.3. The average molecular weight is 323 g/mol. The molecule has 2 aromatic carbocycles. The first-order valence-corrected chi connectivity index (χ1v) is 7.96. The van der Waals surface area contributed by atoms with Crippen molar-refractivity contribution in [3.63, 3.8) is 0 Å². The number of aromatic nitrogens is 3. The number of rotatable bonds is 4. The third kappa shape index (κ3) is 2.76. The van der Waals surface area contributed by atoms with E-state index in [1.54, 1.807) is 0 Å². The summed E-state index contributed by atoms with van der Waals surface area (Å²) in [6.07, 6.45) is 0. The Hall–Kier alpha value is -2.86. The molecular weight excluding hydrogens is 310 g/mol. The maximum absolute atomic E-state index is 12.2. The molecule has 2 heterocycles. The molecule has 0 amide bonds. The Kier molecular flexibility index (Phi) is 3.44. The van der Waals surface area contributed by atoms with Crippen molar-refractivity contribution in [1.82, 2.24) is 14.8 Å². The van der Waals surface area contributed by atoms with Gasteiger partial charge in [-0.2, -0.15) is 4.68 Å². The van der Waals surface area contributed by atoms with E-state index in [1.165, 1.54) is 22.1 Å². The zero-order valence-corrected chi connectivity index (χ0v) is 12.9. The summed E-state index contributed by atoms with van der Waals surface area (Å²) in [5, 5.41) is 3.68. The van der Waals surface area contributed by atoms with Crippen LogP contribution in [-0.2, 0) is 6.61 Å². The summed E-state index contributed by atoms with van der Waals surface area (Å²) in [7, 11) is 0. The molecule has 0 unspecified atom stereocenters. The van der Waals surface area contributed by atoms with Crippen molar-refractivity contribution in [2.45, 2.75) is 6.61 Å². The minimum absolute atomic E-state index is 0.143. The van der Waals surface area contributed by atoms with Crippen molar-refractivity contribution in [2.24, 2.45) is 0 Å². The largest absolute Gasteiger partial charge is 0.487 e. The van der Waals surface area contributed by atoms with Gasteiger partial charge in [0.2, 0.25) is 5.13 Å². The highest BCUT2D eigenvalue weighted by Crippen LogP contribution is 2.23. The van der Waals surface area contributed by atoms with Crippen LogP contribution in [0.2, 0.25) is 0 Å². The Labute approximate surface area is 135 Å². The van der Waals surface area contributed by atoms with E-state index in [-0.39, 0.29) is 5.56 Å². The van der Waals surface area contributed by atoms with Crippen molar-refractivity contribution in [1.29, 1.82) is 0 Å². The number of hydrogen-bond acceptors (Lipinski definition) is 4. The van der Waals surface area contributed by atoms with Gasteiger partial charge in [0.15, 0.2) is 0 Å². The second kappa shape index (κ2) is 5.73. The van der Waals surface area contributed by atoms with Crippen molar-refractivity contribution in [2.75, 3.05) is 0 Å². The lowest BCUT2D eigenvalue weighted by atomic mass is 10.3. The van der Waals surface area contributed by atoms with E-state index in [9.17, 15) is 4.79 Å². The molecule has 4 rings (SSSR count). The molecule has 5 nitrogen and oxygen atoms in total. The van der Waals surface area contributed by atoms with Crippen LogP contribution >= 0.6 is 11.3 Å². The molecular formula is C17H13N3O2S. The monoisotopic (exact) mass is 323 g/mol. The second-order valence-electron chi connectivity index (χ2n) is 5.02. The van der Waals surface area contributed by atoms with Crippen molar-refractivity contribution < 1.29 is 4.74 Å². The summed E-state index contributed by atoms with van der Waals surface area (Å²) >= 11 is 1.47. The molecule has 0 spiro atoms. The minimum atomic E-state index is -0.143. The number of ether oxygens (including phenoxy) is 1. The van der Waals surface area contributed by atoms with E-state index in [0.717, 1.165) is 16.0 Å². The molecule has 0 fully saturated rings. The zero-order valence-electron chi connectivity index (χ0n) is 12.1. The average Bonchev–Trinajstić information content (AvgIpc) is 3.17. The van der Waals surface area contributed by atoms with Gasteiger partial charge in [-0.3, -0.25) is 9.89 Å². The molecule has 23 heavy (non-hydrogen) atoms. The van der Waals surface area contributed by atoms with Crippen LogP contribution in [0.5, 0.6) is 5.75 Å². The Morgan fingerprint density at radius 3 is 2.70 bits per heavy atom. The highest BCUT2D eigenvalue weighted by molar-refractivity contribution is 7.20. The van der Waals surface area contributed by atoms with Crippen LogP contribution in [0, 0.1) is 0 Å². The van der Waals surface area contributed by atoms with Crippen molar-refractivity contribution in [3.8, 4) is 10.9 Å². The van der Waals surface area contributed by atoms with Crippen LogP contribution in [0.15, 0.2) is 65.5 Å². The first-order valence-electron chi connectivity index (χ1n) is 7.14. The lowest BCUT2D eigenvalue weighted by Crippen LogP contribution is -2.12. The van der Waals surface area contributed by atoms with Gasteiger partial charge in [0.1, 0.15) is 12.4 Å². The number of para-hydroxylation sites is 2. The molecule has 0 atom stereocenters. The summed E-state index contributed by atoms with van der Waals surface area (Å²) in [4.78, 5) is 16.7. The molecule has 0 aliphatic carbocycles. The molecule has 114 valence electrons. The van der Waals surface area contributed by atoms with Gasteiger partial charge in [-0.15, -0.1) is 0 Å². The molecule has 1 N–H and O–H groups in total. The maximum Gasteiger partial charge on any atom is 0.273 e. The highest BCUT2D eigenvalue weighted by Gasteiger charge is 2.10. The summed E-state index contributed by atoms with van der Waals surface area (Å²) in [6, 6.07) is 18.9. The van der Waals surface area contributed by atoms with Crippen LogP contribution in [0.1, 0.15) is 5.69 Å². The van der Waals surface area contributed by atoms with Crippen LogP contribution in [0.25, 0.3) is 15.3 Å². The lowest BCUT2D eigenvalue weighted by molar-refractivity contribution is 0.300. The van der Waals surface area contributed by atoms with Gasteiger partial charge in [-0.05, 0) is 24.3 Å². The molecule has 0 radical (unpaired) electrons. The Morgan fingerprint density at radius 1 is 1.09 bits per heavy atom. The zero-order chi connectivity index (χ0) is 15.6. The van der Waals surface area contributed by atoms with Crippen LogP contribution < -0.4 is 10.3 Å². The summed E-state index contributed by atoms with van der Waals surface area (Å²) in [5.41, 5.74) is 1.45. The number of benzene rings is 2. The number of thiazole rings is 1. The van der Waals surface area contributed by atoms with Gasteiger partial charge in [0.25, 0.3) is 5.56 Å². The number of nitrogens with zero attached hydrogens (tertiary/aromatic N) is 2.